The molecule has 7 atom stereocenters. The van der Waals surface area contributed by atoms with Gasteiger partial charge in [-0.15, -0.1) is 0 Å². The fourth-order valence-electron chi connectivity index (χ4n) is 7.13. The third-order valence-electron chi connectivity index (χ3n) is 8.47. The van der Waals surface area contributed by atoms with Crippen molar-refractivity contribution in [2.45, 2.75) is 97.4 Å². The van der Waals surface area contributed by atoms with Gasteiger partial charge >= 0.3 is 0 Å². The molecule has 3 saturated carbocycles. The third kappa shape index (κ3) is 2.43. The van der Waals surface area contributed by atoms with Gasteiger partial charge in [0, 0.05) is 0 Å². The van der Waals surface area contributed by atoms with Crippen molar-refractivity contribution >= 4 is 0 Å². The minimum Gasteiger partial charge on any atom is -0.393 e. The average Bonchev–Trinajstić information content (AvgIpc) is 2.83. The van der Waals surface area contributed by atoms with Crippen LogP contribution in [0.25, 0.3) is 0 Å². The lowest BCUT2D eigenvalue weighted by molar-refractivity contribution is -0.0796. The third-order valence-corrected chi connectivity index (χ3v) is 8.47. The molecule has 2 heteroatoms. The van der Waals surface area contributed by atoms with Gasteiger partial charge in [0.1, 0.15) is 0 Å². The largest absolute Gasteiger partial charge is 0.393 e. The molecule has 136 valence electrons. The summed E-state index contributed by atoms with van der Waals surface area (Å²) in [4.78, 5) is 0. The van der Waals surface area contributed by atoms with Crippen molar-refractivity contribution in [3.8, 4) is 0 Å². The second kappa shape index (κ2) is 5.84. The number of aliphatic hydroxyl groups is 1. The Labute approximate surface area is 148 Å². The van der Waals surface area contributed by atoms with Crippen molar-refractivity contribution in [3.05, 3.63) is 11.6 Å². The van der Waals surface area contributed by atoms with Crippen LogP contribution in [-0.2, 0) is 4.74 Å². The van der Waals surface area contributed by atoms with Crippen LogP contribution in [0.3, 0.4) is 0 Å². The molecule has 7 unspecified atom stereocenters. The Morgan fingerprint density at radius 2 is 1.83 bits per heavy atom. The van der Waals surface area contributed by atoms with E-state index in [9.17, 15) is 5.11 Å². The van der Waals surface area contributed by atoms with Crippen LogP contribution < -0.4 is 0 Å². The first kappa shape index (κ1) is 17.1. The molecule has 2 nitrogen and oxygen atoms in total. The number of hydrogen-bond donors (Lipinski definition) is 1. The molecule has 0 heterocycles. The van der Waals surface area contributed by atoms with Gasteiger partial charge in [0.15, 0.2) is 0 Å². The molecule has 0 amide bonds. The van der Waals surface area contributed by atoms with Crippen LogP contribution in [0, 0.1) is 28.6 Å². The molecule has 0 radical (unpaired) electrons. The van der Waals surface area contributed by atoms with Gasteiger partial charge in [-0.25, -0.2) is 0 Å². The van der Waals surface area contributed by atoms with Gasteiger partial charge in [-0.05, 0) is 93.8 Å². The fraction of sp³-hybridized carbons (Fsp3) is 0.909. The summed E-state index contributed by atoms with van der Waals surface area (Å²) in [7, 11) is 0. The van der Waals surface area contributed by atoms with E-state index in [4.69, 9.17) is 4.74 Å². The first-order valence-corrected chi connectivity index (χ1v) is 10.4. The molecule has 1 N–H and O–H groups in total. The molecular formula is C22H36O2. The lowest BCUT2D eigenvalue weighted by Crippen LogP contribution is -2.51. The summed E-state index contributed by atoms with van der Waals surface area (Å²) in [5.74, 6) is 2.43. The van der Waals surface area contributed by atoms with E-state index in [1.165, 1.54) is 44.9 Å². The van der Waals surface area contributed by atoms with Gasteiger partial charge in [-0.2, -0.15) is 0 Å². The molecule has 0 bridgehead atoms. The van der Waals surface area contributed by atoms with Gasteiger partial charge in [-0.3, -0.25) is 0 Å². The highest BCUT2D eigenvalue weighted by Crippen LogP contribution is 2.65. The van der Waals surface area contributed by atoms with Gasteiger partial charge in [-0.1, -0.05) is 25.5 Å². The van der Waals surface area contributed by atoms with Crippen molar-refractivity contribution in [3.63, 3.8) is 0 Å². The van der Waals surface area contributed by atoms with E-state index in [0.29, 0.717) is 17.6 Å². The summed E-state index contributed by atoms with van der Waals surface area (Å²) >= 11 is 0. The number of rotatable bonds is 2. The summed E-state index contributed by atoms with van der Waals surface area (Å²) < 4.78 is 6.11. The monoisotopic (exact) mass is 332 g/mol. The highest BCUT2D eigenvalue weighted by atomic mass is 16.5. The number of fused-ring (bicyclic) bond motifs is 5. The Morgan fingerprint density at radius 1 is 1.04 bits per heavy atom. The fourth-order valence-corrected chi connectivity index (χ4v) is 7.13. The molecule has 0 aromatic carbocycles. The van der Waals surface area contributed by atoms with Crippen LogP contribution in [0.2, 0.25) is 0 Å². The summed E-state index contributed by atoms with van der Waals surface area (Å²) in [6.07, 6.45) is 13.0. The molecule has 0 aromatic heterocycles. The quantitative estimate of drug-likeness (QED) is 0.713. The number of allylic oxidation sites excluding steroid dienone is 1. The molecule has 4 aliphatic rings. The number of ether oxygens (including phenoxy) is 1. The number of hydrogen-bond acceptors (Lipinski definition) is 2. The summed E-state index contributed by atoms with van der Waals surface area (Å²) in [6.45, 7) is 9.23. The standard InChI is InChI=1S/C22H36O2/c1-14(2)24-16-9-11-21(3)15(13-16)5-6-17-18-7-8-20(23)22(18,4)12-10-19(17)21/h13-14,16-20,23H,5-12H2,1-4H3. The second-order valence-electron chi connectivity index (χ2n) is 9.92. The Bertz CT molecular complexity index is 524. The van der Waals surface area contributed by atoms with Crippen LogP contribution in [0.4, 0.5) is 0 Å². The van der Waals surface area contributed by atoms with Crippen molar-refractivity contribution in [2.24, 2.45) is 28.6 Å². The normalized spacial score (nSPS) is 50.9. The van der Waals surface area contributed by atoms with E-state index >= 15 is 0 Å². The summed E-state index contributed by atoms with van der Waals surface area (Å²) in [5.41, 5.74) is 2.30. The predicted molar refractivity (Wildman–Crippen MR) is 97.7 cm³/mol. The van der Waals surface area contributed by atoms with E-state index in [0.717, 1.165) is 24.2 Å². The van der Waals surface area contributed by atoms with Crippen molar-refractivity contribution in [2.75, 3.05) is 0 Å². The SMILES string of the molecule is CC(C)OC1C=C2CCC3C(CCC4(C)C(O)CCC34)C2(C)CC1. The molecule has 0 aromatic rings. The molecule has 3 fully saturated rings. The molecule has 0 spiro atoms. The Hall–Kier alpha value is -0.340. The molecule has 0 saturated heterocycles. The maximum absolute atomic E-state index is 10.6. The van der Waals surface area contributed by atoms with Crippen molar-refractivity contribution in [1.82, 2.24) is 0 Å². The zero-order valence-electron chi connectivity index (χ0n) is 16.1. The van der Waals surface area contributed by atoms with Crippen molar-refractivity contribution in [1.29, 1.82) is 0 Å². The van der Waals surface area contributed by atoms with Gasteiger partial charge in [0.25, 0.3) is 0 Å². The minimum atomic E-state index is -0.0524. The molecule has 4 aliphatic carbocycles. The topological polar surface area (TPSA) is 29.5 Å². The highest BCUT2D eigenvalue weighted by molar-refractivity contribution is 5.25. The first-order valence-electron chi connectivity index (χ1n) is 10.4. The van der Waals surface area contributed by atoms with Gasteiger partial charge < -0.3 is 9.84 Å². The van der Waals surface area contributed by atoms with Gasteiger partial charge in [0.2, 0.25) is 0 Å². The lowest BCUT2D eigenvalue weighted by Gasteiger charge is -2.58. The van der Waals surface area contributed by atoms with Crippen LogP contribution >= 0.6 is 0 Å². The van der Waals surface area contributed by atoms with Crippen LogP contribution in [0.1, 0.15) is 79.1 Å². The smallest absolute Gasteiger partial charge is 0.0762 e. The maximum atomic E-state index is 10.6. The zero-order valence-corrected chi connectivity index (χ0v) is 16.1. The minimum absolute atomic E-state index is 0.0524. The first-order chi connectivity index (χ1) is 11.3. The van der Waals surface area contributed by atoms with E-state index in [1.807, 2.05) is 0 Å². The predicted octanol–water partition coefficient (Wildman–Crippen LogP) is 5.10. The van der Waals surface area contributed by atoms with Crippen molar-refractivity contribution < 1.29 is 9.84 Å². The summed E-state index contributed by atoms with van der Waals surface area (Å²) in [5, 5.41) is 10.6. The maximum Gasteiger partial charge on any atom is 0.0762 e. The number of aliphatic hydroxyl groups excluding tert-OH is 1. The molecule has 0 aliphatic heterocycles. The molecule has 4 rings (SSSR count). The lowest BCUT2D eigenvalue weighted by atomic mass is 9.47. The van der Waals surface area contributed by atoms with E-state index in [2.05, 4.69) is 33.8 Å². The second-order valence-corrected chi connectivity index (χ2v) is 9.92. The van der Waals surface area contributed by atoms with E-state index < -0.39 is 0 Å². The van der Waals surface area contributed by atoms with E-state index in [-0.39, 0.29) is 11.5 Å². The zero-order chi connectivity index (χ0) is 17.1. The van der Waals surface area contributed by atoms with Crippen LogP contribution in [0.15, 0.2) is 11.6 Å². The molecule has 24 heavy (non-hydrogen) atoms. The van der Waals surface area contributed by atoms with Crippen LogP contribution in [-0.4, -0.2) is 23.4 Å². The average molecular weight is 333 g/mol. The van der Waals surface area contributed by atoms with Gasteiger partial charge in [0.05, 0.1) is 18.3 Å². The Morgan fingerprint density at radius 3 is 2.58 bits per heavy atom. The van der Waals surface area contributed by atoms with Crippen LogP contribution in [0.5, 0.6) is 0 Å². The summed E-state index contributed by atoms with van der Waals surface area (Å²) in [6, 6.07) is 0. The Kier molecular flexibility index (Phi) is 4.16. The van der Waals surface area contributed by atoms with E-state index in [1.54, 1.807) is 5.57 Å². The highest BCUT2D eigenvalue weighted by Gasteiger charge is 2.58. The molecular weight excluding hydrogens is 296 g/mol. The Balaban J connectivity index is 1.59.